The summed E-state index contributed by atoms with van der Waals surface area (Å²) in [5, 5.41) is 10.7. The number of ether oxygens (including phenoxy) is 2. The Kier molecular flexibility index (Phi) is 7.76. The Balaban J connectivity index is 1.88. The number of carbonyl (C=O) groups excluding carboxylic acids is 3. The van der Waals surface area contributed by atoms with Crippen LogP contribution in [-0.4, -0.2) is 49.2 Å². The maximum absolute atomic E-state index is 12.2. The SMILES string of the molecule is COC(=O)COc1ccc(C(=O)CNC(=O)c2ccc(C(=N)SC)cc2)cc1. The number of esters is 1. The van der Waals surface area contributed by atoms with E-state index in [2.05, 4.69) is 10.1 Å². The van der Waals surface area contributed by atoms with Gasteiger partial charge >= 0.3 is 5.97 Å². The van der Waals surface area contributed by atoms with E-state index >= 15 is 0 Å². The Morgan fingerprint density at radius 2 is 1.54 bits per heavy atom. The Hall–Kier alpha value is -3.13. The van der Waals surface area contributed by atoms with Gasteiger partial charge in [0.15, 0.2) is 12.4 Å². The van der Waals surface area contributed by atoms with Crippen LogP contribution in [-0.2, 0) is 9.53 Å². The highest BCUT2D eigenvalue weighted by atomic mass is 32.2. The number of benzene rings is 2. The number of thioether (sulfide) groups is 1. The largest absolute Gasteiger partial charge is 0.482 e. The van der Waals surface area contributed by atoms with Gasteiger partial charge in [-0.15, -0.1) is 11.8 Å². The molecule has 0 fully saturated rings. The first-order valence-electron chi connectivity index (χ1n) is 8.28. The molecule has 2 rings (SSSR count). The Bertz CT molecular complexity index is 863. The molecule has 0 heterocycles. The summed E-state index contributed by atoms with van der Waals surface area (Å²) in [5.74, 6) is -0.690. The molecule has 0 unspecified atom stereocenters. The third-order valence-corrected chi connectivity index (χ3v) is 4.43. The van der Waals surface area contributed by atoms with E-state index in [1.54, 1.807) is 48.5 Å². The van der Waals surface area contributed by atoms with Crippen molar-refractivity contribution in [1.29, 1.82) is 5.41 Å². The van der Waals surface area contributed by atoms with Gasteiger partial charge < -0.3 is 14.8 Å². The summed E-state index contributed by atoms with van der Waals surface area (Å²) in [5.41, 5.74) is 1.56. The average Bonchev–Trinajstić information content (AvgIpc) is 2.75. The van der Waals surface area contributed by atoms with Crippen molar-refractivity contribution in [3.05, 3.63) is 65.2 Å². The molecule has 1 amide bonds. The fourth-order valence-electron chi connectivity index (χ4n) is 2.19. The molecule has 2 aromatic carbocycles. The van der Waals surface area contributed by atoms with Crippen LogP contribution in [0.5, 0.6) is 5.75 Å². The fraction of sp³-hybridized carbons (Fsp3) is 0.200. The molecule has 0 aliphatic heterocycles. The van der Waals surface area contributed by atoms with Crippen LogP contribution >= 0.6 is 11.8 Å². The Morgan fingerprint density at radius 3 is 2.11 bits per heavy atom. The van der Waals surface area contributed by atoms with Crippen LogP contribution in [0.1, 0.15) is 26.3 Å². The molecule has 0 radical (unpaired) electrons. The average molecular weight is 400 g/mol. The molecule has 0 saturated carbocycles. The first kappa shape index (κ1) is 21.2. The fourth-order valence-corrected chi connectivity index (χ4v) is 2.57. The molecule has 0 bridgehead atoms. The molecule has 28 heavy (non-hydrogen) atoms. The third-order valence-electron chi connectivity index (χ3n) is 3.78. The van der Waals surface area contributed by atoms with Gasteiger partial charge in [-0.25, -0.2) is 4.79 Å². The topological polar surface area (TPSA) is 106 Å². The van der Waals surface area contributed by atoms with Gasteiger partial charge in [-0.2, -0.15) is 0 Å². The summed E-state index contributed by atoms with van der Waals surface area (Å²) in [4.78, 5) is 35.4. The summed E-state index contributed by atoms with van der Waals surface area (Å²) in [6.07, 6.45) is 1.81. The van der Waals surface area contributed by atoms with Gasteiger partial charge in [-0.3, -0.25) is 15.0 Å². The van der Waals surface area contributed by atoms with Crippen LogP contribution < -0.4 is 10.1 Å². The predicted molar refractivity (Wildman–Crippen MR) is 107 cm³/mol. The van der Waals surface area contributed by atoms with E-state index in [1.807, 2.05) is 6.26 Å². The second-order valence-electron chi connectivity index (χ2n) is 5.61. The summed E-state index contributed by atoms with van der Waals surface area (Å²) in [6, 6.07) is 12.9. The van der Waals surface area contributed by atoms with Crippen molar-refractivity contribution in [2.24, 2.45) is 0 Å². The van der Waals surface area contributed by atoms with Gasteiger partial charge in [-0.05, 0) is 42.7 Å². The number of hydrogen-bond acceptors (Lipinski definition) is 7. The molecule has 146 valence electrons. The van der Waals surface area contributed by atoms with Crippen LogP contribution in [0.2, 0.25) is 0 Å². The van der Waals surface area contributed by atoms with Gasteiger partial charge in [0.1, 0.15) is 5.75 Å². The minimum Gasteiger partial charge on any atom is -0.482 e. The lowest BCUT2D eigenvalue weighted by Gasteiger charge is -2.07. The molecule has 2 aromatic rings. The Morgan fingerprint density at radius 1 is 0.964 bits per heavy atom. The molecule has 0 spiro atoms. The number of carbonyl (C=O) groups is 3. The molecule has 0 atom stereocenters. The number of rotatable bonds is 8. The van der Waals surface area contributed by atoms with Crippen molar-refractivity contribution in [3.8, 4) is 5.75 Å². The number of amides is 1. The molecule has 2 N–H and O–H groups in total. The predicted octanol–water partition coefficient (Wildman–Crippen LogP) is 2.54. The van der Waals surface area contributed by atoms with E-state index in [4.69, 9.17) is 10.1 Å². The first-order chi connectivity index (χ1) is 13.4. The van der Waals surface area contributed by atoms with Crippen LogP contribution in [0.15, 0.2) is 48.5 Å². The summed E-state index contributed by atoms with van der Waals surface area (Å²) in [7, 11) is 1.27. The molecular formula is C20H20N2O5S. The zero-order valence-corrected chi connectivity index (χ0v) is 16.3. The minimum absolute atomic E-state index is 0.149. The maximum atomic E-state index is 12.2. The zero-order chi connectivity index (χ0) is 20.5. The second-order valence-corrected chi connectivity index (χ2v) is 6.42. The summed E-state index contributed by atoms with van der Waals surface area (Å²) >= 11 is 1.32. The lowest BCUT2D eigenvalue weighted by molar-refractivity contribution is -0.142. The molecule has 0 saturated heterocycles. The lowest BCUT2D eigenvalue weighted by atomic mass is 10.1. The van der Waals surface area contributed by atoms with Gasteiger partial charge in [-0.1, -0.05) is 12.1 Å². The number of hydrogen-bond donors (Lipinski definition) is 2. The summed E-state index contributed by atoms with van der Waals surface area (Å²) < 4.78 is 9.69. The van der Waals surface area contributed by atoms with E-state index in [1.165, 1.54) is 18.9 Å². The first-order valence-corrected chi connectivity index (χ1v) is 9.51. The standard InChI is InChI=1S/C20H20N2O5S/c1-26-18(24)12-27-16-9-7-13(8-10-16)17(23)11-22-20(25)15-5-3-14(4-6-15)19(21)28-2/h3-10,21H,11-12H2,1-2H3,(H,22,25). The molecule has 8 heteroatoms. The molecule has 0 aliphatic carbocycles. The maximum Gasteiger partial charge on any atom is 0.343 e. The summed E-state index contributed by atoms with van der Waals surface area (Å²) in [6.45, 7) is -0.362. The van der Waals surface area contributed by atoms with Gasteiger partial charge in [0, 0.05) is 16.7 Å². The Labute approximate surface area is 166 Å². The number of ketones is 1. The highest BCUT2D eigenvalue weighted by Crippen LogP contribution is 2.13. The highest BCUT2D eigenvalue weighted by Gasteiger charge is 2.11. The van der Waals surface area contributed by atoms with Crippen LogP contribution in [0.25, 0.3) is 0 Å². The van der Waals surface area contributed by atoms with Crippen molar-refractivity contribution in [3.63, 3.8) is 0 Å². The van der Waals surface area contributed by atoms with Gasteiger partial charge in [0.25, 0.3) is 5.91 Å². The monoisotopic (exact) mass is 400 g/mol. The van der Waals surface area contributed by atoms with Crippen molar-refractivity contribution >= 4 is 34.5 Å². The van der Waals surface area contributed by atoms with E-state index in [-0.39, 0.29) is 24.8 Å². The normalized spacial score (nSPS) is 10.1. The van der Waals surface area contributed by atoms with E-state index in [0.717, 1.165) is 5.56 Å². The highest BCUT2D eigenvalue weighted by molar-refractivity contribution is 8.13. The van der Waals surface area contributed by atoms with Crippen molar-refractivity contribution in [2.75, 3.05) is 26.5 Å². The number of methoxy groups -OCH3 is 1. The van der Waals surface area contributed by atoms with Gasteiger partial charge in [0.2, 0.25) is 0 Å². The van der Waals surface area contributed by atoms with E-state index in [0.29, 0.717) is 21.9 Å². The van der Waals surface area contributed by atoms with Crippen molar-refractivity contribution < 1.29 is 23.9 Å². The zero-order valence-electron chi connectivity index (χ0n) is 15.5. The molecular weight excluding hydrogens is 380 g/mol. The lowest BCUT2D eigenvalue weighted by Crippen LogP contribution is -2.29. The molecule has 7 nitrogen and oxygen atoms in total. The molecule has 0 aliphatic rings. The van der Waals surface area contributed by atoms with Gasteiger partial charge in [0.05, 0.1) is 18.7 Å². The minimum atomic E-state index is -0.499. The van der Waals surface area contributed by atoms with Crippen molar-refractivity contribution in [2.45, 2.75) is 0 Å². The quantitative estimate of drug-likeness (QED) is 0.305. The number of nitrogens with one attached hydrogen (secondary N) is 2. The number of Topliss-reactive ketones (excluding diaryl/α,β-unsaturated/α-hetero) is 1. The second kappa shape index (κ2) is 10.3. The van der Waals surface area contributed by atoms with Crippen molar-refractivity contribution in [1.82, 2.24) is 5.32 Å². The van der Waals surface area contributed by atoms with Crippen LogP contribution in [0.4, 0.5) is 0 Å². The van der Waals surface area contributed by atoms with E-state index in [9.17, 15) is 14.4 Å². The van der Waals surface area contributed by atoms with E-state index < -0.39 is 5.97 Å². The van der Waals surface area contributed by atoms with Crippen LogP contribution in [0, 0.1) is 5.41 Å². The third kappa shape index (κ3) is 5.95. The molecule has 0 aromatic heterocycles. The smallest absolute Gasteiger partial charge is 0.343 e. The van der Waals surface area contributed by atoms with Crippen LogP contribution in [0.3, 0.4) is 0 Å².